The molecule has 1 fully saturated rings. The Morgan fingerprint density at radius 2 is 1.86 bits per heavy atom. The predicted molar refractivity (Wildman–Crippen MR) is 87.5 cm³/mol. The first-order valence-corrected chi connectivity index (χ1v) is 8.62. The van der Waals surface area contributed by atoms with Crippen LogP contribution in [-0.4, -0.2) is 47.2 Å². The molecule has 1 rings (SSSR count). The van der Waals surface area contributed by atoms with Gasteiger partial charge >= 0.3 is 5.97 Å². The summed E-state index contributed by atoms with van der Waals surface area (Å²) in [4.78, 5) is 14.4. The molecule has 21 heavy (non-hydrogen) atoms. The van der Waals surface area contributed by atoms with Crippen LogP contribution in [0.1, 0.15) is 60.3 Å². The van der Waals surface area contributed by atoms with Gasteiger partial charge in [-0.15, -0.1) is 0 Å². The van der Waals surface area contributed by atoms with Crippen molar-refractivity contribution >= 4 is 5.97 Å². The van der Waals surface area contributed by atoms with Gasteiger partial charge in [-0.2, -0.15) is 0 Å². The van der Waals surface area contributed by atoms with E-state index in [2.05, 4.69) is 31.0 Å². The smallest absolute Gasteiger partial charge is 0.325 e. The second kappa shape index (κ2) is 8.14. The van der Waals surface area contributed by atoms with Gasteiger partial charge in [-0.25, -0.2) is 0 Å². The van der Waals surface area contributed by atoms with E-state index in [0.29, 0.717) is 12.5 Å². The summed E-state index contributed by atoms with van der Waals surface area (Å²) in [6.45, 7) is 13.2. The molecule has 0 aromatic rings. The van der Waals surface area contributed by atoms with Gasteiger partial charge in [0.25, 0.3) is 0 Å². The van der Waals surface area contributed by atoms with Gasteiger partial charge in [0, 0.05) is 19.1 Å². The molecule has 124 valence electrons. The summed E-state index contributed by atoms with van der Waals surface area (Å²) < 4.78 is 0. The summed E-state index contributed by atoms with van der Waals surface area (Å²) in [6.07, 6.45) is 4.39. The highest BCUT2D eigenvalue weighted by atomic mass is 16.4. The summed E-state index contributed by atoms with van der Waals surface area (Å²) >= 11 is 0. The van der Waals surface area contributed by atoms with Crippen molar-refractivity contribution < 1.29 is 9.90 Å². The standard InChI is InChI=1S/C17H34N2O2/c1-6-14(7-2)11-19(8-3)12-17(16(20)21,15-9-10-15)18-13(4)5/h13-15,18H,6-12H2,1-5H3,(H,20,21). The maximum Gasteiger partial charge on any atom is 0.325 e. The highest BCUT2D eigenvalue weighted by Gasteiger charge is 2.52. The number of carboxylic acids is 1. The maximum atomic E-state index is 12.0. The number of aliphatic carboxylic acids is 1. The largest absolute Gasteiger partial charge is 0.480 e. The van der Waals surface area contributed by atoms with E-state index in [4.69, 9.17) is 0 Å². The third-order valence-corrected chi connectivity index (χ3v) is 4.79. The number of rotatable bonds is 11. The lowest BCUT2D eigenvalue weighted by molar-refractivity contribution is -0.147. The van der Waals surface area contributed by atoms with E-state index in [9.17, 15) is 9.90 Å². The van der Waals surface area contributed by atoms with Crippen molar-refractivity contribution in [3.8, 4) is 0 Å². The quantitative estimate of drug-likeness (QED) is 0.616. The van der Waals surface area contributed by atoms with E-state index < -0.39 is 11.5 Å². The van der Waals surface area contributed by atoms with Gasteiger partial charge in [0.15, 0.2) is 0 Å². The van der Waals surface area contributed by atoms with E-state index in [1.807, 2.05) is 13.8 Å². The van der Waals surface area contributed by atoms with Crippen LogP contribution in [0.25, 0.3) is 0 Å². The average Bonchev–Trinajstić information content (AvgIpc) is 3.26. The predicted octanol–water partition coefficient (Wildman–Crippen LogP) is 2.98. The van der Waals surface area contributed by atoms with Gasteiger partial charge in [0.05, 0.1) is 0 Å². The molecule has 0 aromatic heterocycles. The number of nitrogens with zero attached hydrogens (tertiary/aromatic N) is 1. The lowest BCUT2D eigenvalue weighted by Gasteiger charge is -2.38. The van der Waals surface area contributed by atoms with Crippen LogP contribution in [-0.2, 0) is 4.79 Å². The summed E-state index contributed by atoms with van der Waals surface area (Å²) in [6, 6.07) is 0.188. The van der Waals surface area contributed by atoms with Crippen molar-refractivity contribution in [2.24, 2.45) is 11.8 Å². The minimum Gasteiger partial charge on any atom is -0.480 e. The first kappa shape index (κ1) is 18.4. The zero-order chi connectivity index (χ0) is 16.0. The van der Waals surface area contributed by atoms with Crippen LogP contribution < -0.4 is 5.32 Å². The van der Waals surface area contributed by atoms with Crippen molar-refractivity contribution in [1.29, 1.82) is 0 Å². The van der Waals surface area contributed by atoms with E-state index >= 15 is 0 Å². The van der Waals surface area contributed by atoms with Gasteiger partial charge in [-0.1, -0.05) is 33.6 Å². The van der Waals surface area contributed by atoms with Crippen molar-refractivity contribution in [2.75, 3.05) is 19.6 Å². The number of hydrogen-bond donors (Lipinski definition) is 2. The molecule has 0 aliphatic heterocycles. The van der Waals surface area contributed by atoms with Crippen LogP contribution in [0.3, 0.4) is 0 Å². The molecule has 1 saturated carbocycles. The molecule has 1 atom stereocenters. The van der Waals surface area contributed by atoms with Gasteiger partial charge in [-0.3, -0.25) is 10.1 Å². The molecule has 0 heterocycles. The van der Waals surface area contributed by atoms with E-state index in [1.54, 1.807) is 0 Å². The second-order valence-corrected chi connectivity index (χ2v) is 6.86. The van der Waals surface area contributed by atoms with Crippen LogP contribution in [0.4, 0.5) is 0 Å². The Bertz CT molecular complexity index is 325. The minimum atomic E-state index is -0.768. The second-order valence-electron chi connectivity index (χ2n) is 6.86. The van der Waals surface area contributed by atoms with Gasteiger partial charge in [-0.05, 0) is 45.1 Å². The Morgan fingerprint density at radius 3 is 2.19 bits per heavy atom. The van der Waals surface area contributed by atoms with Crippen LogP contribution in [0, 0.1) is 11.8 Å². The number of carbonyl (C=O) groups is 1. The normalized spacial score (nSPS) is 18.5. The molecule has 0 spiro atoms. The average molecular weight is 298 g/mol. The van der Waals surface area contributed by atoms with Crippen molar-refractivity contribution in [3.05, 3.63) is 0 Å². The summed E-state index contributed by atoms with van der Waals surface area (Å²) in [5.74, 6) is 0.268. The molecule has 0 bridgehead atoms. The van der Waals surface area contributed by atoms with Crippen LogP contribution in [0.15, 0.2) is 0 Å². The first-order chi connectivity index (χ1) is 9.89. The molecule has 0 radical (unpaired) electrons. The van der Waals surface area contributed by atoms with Gasteiger partial charge in [0.2, 0.25) is 0 Å². The lowest BCUT2D eigenvalue weighted by Crippen LogP contribution is -2.62. The molecule has 1 unspecified atom stereocenters. The molecular formula is C17H34N2O2. The fourth-order valence-corrected chi connectivity index (χ4v) is 3.26. The van der Waals surface area contributed by atoms with E-state index in [0.717, 1.165) is 38.8 Å². The fraction of sp³-hybridized carbons (Fsp3) is 0.941. The Balaban J connectivity index is 2.84. The molecular weight excluding hydrogens is 264 g/mol. The third-order valence-electron chi connectivity index (χ3n) is 4.79. The number of likely N-dealkylation sites (N-methyl/N-ethyl adjacent to an activating group) is 1. The third kappa shape index (κ3) is 4.96. The summed E-state index contributed by atoms with van der Waals surface area (Å²) in [5.41, 5.74) is -0.768. The fourth-order valence-electron chi connectivity index (χ4n) is 3.26. The maximum absolute atomic E-state index is 12.0. The summed E-state index contributed by atoms with van der Waals surface area (Å²) in [7, 11) is 0. The Hall–Kier alpha value is -0.610. The molecule has 4 nitrogen and oxygen atoms in total. The van der Waals surface area contributed by atoms with E-state index in [-0.39, 0.29) is 12.0 Å². The summed E-state index contributed by atoms with van der Waals surface area (Å²) in [5, 5.41) is 13.3. The molecule has 0 amide bonds. The lowest BCUT2D eigenvalue weighted by atomic mass is 9.90. The highest BCUT2D eigenvalue weighted by Crippen LogP contribution is 2.41. The van der Waals surface area contributed by atoms with Gasteiger partial charge < -0.3 is 10.0 Å². The number of nitrogens with one attached hydrogen (secondary N) is 1. The Kier molecular flexibility index (Phi) is 7.14. The molecule has 4 heteroatoms. The van der Waals surface area contributed by atoms with Crippen LogP contribution in [0.5, 0.6) is 0 Å². The van der Waals surface area contributed by atoms with Crippen LogP contribution >= 0.6 is 0 Å². The number of carboxylic acid groups (broad SMARTS) is 1. The van der Waals surface area contributed by atoms with Crippen molar-refractivity contribution in [1.82, 2.24) is 10.2 Å². The Morgan fingerprint density at radius 1 is 1.29 bits per heavy atom. The minimum absolute atomic E-state index is 0.188. The van der Waals surface area contributed by atoms with Gasteiger partial charge in [0.1, 0.15) is 5.54 Å². The van der Waals surface area contributed by atoms with Crippen LogP contribution in [0.2, 0.25) is 0 Å². The van der Waals surface area contributed by atoms with Crippen molar-refractivity contribution in [2.45, 2.75) is 71.9 Å². The highest BCUT2D eigenvalue weighted by molar-refractivity contribution is 5.80. The Labute approximate surface area is 130 Å². The molecule has 0 aromatic carbocycles. The molecule has 1 aliphatic rings. The monoisotopic (exact) mass is 298 g/mol. The molecule has 2 N–H and O–H groups in total. The topological polar surface area (TPSA) is 52.6 Å². The zero-order valence-electron chi connectivity index (χ0n) is 14.5. The SMILES string of the molecule is CCC(CC)CN(CC)CC(NC(C)C)(C(=O)O)C1CC1. The molecule has 0 saturated heterocycles. The van der Waals surface area contributed by atoms with E-state index in [1.165, 1.54) is 0 Å². The number of hydrogen-bond acceptors (Lipinski definition) is 3. The van der Waals surface area contributed by atoms with Crippen molar-refractivity contribution in [3.63, 3.8) is 0 Å². The first-order valence-electron chi connectivity index (χ1n) is 8.62. The zero-order valence-corrected chi connectivity index (χ0v) is 14.5. The molecule has 1 aliphatic carbocycles.